The van der Waals surface area contributed by atoms with Crippen molar-refractivity contribution in [3.05, 3.63) is 29.3 Å². The summed E-state index contributed by atoms with van der Waals surface area (Å²) in [6.07, 6.45) is 1.65. The number of imide groups is 1. The first-order chi connectivity index (χ1) is 12.4. The van der Waals surface area contributed by atoms with E-state index in [1.165, 1.54) is 0 Å². The summed E-state index contributed by atoms with van der Waals surface area (Å²) in [5.41, 5.74) is 2.72. The Morgan fingerprint density at radius 2 is 2.04 bits per heavy atom. The van der Waals surface area contributed by atoms with Gasteiger partial charge in [0.05, 0.1) is 19.7 Å². The number of esters is 1. The molecule has 1 fully saturated rings. The summed E-state index contributed by atoms with van der Waals surface area (Å²) >= 11 is 0. The van der Waals surface area contributed by atoms with Gasteiger partial charge < -0.3 is 15.0 Å². The minimum absolute atomic E-state index is 0.163. The molecule has 142 valence electrons. The van der Waals surface area contributed by atoms with Crippen LogP contribution in [0.4, 0.5) is 10.5 Å². The Labute approximate surface area is 154 Å². The van der Waals surface area contributed by atoms with E-state index in [9.17, 15) is 14.4 Å². The van der Waals surface area contributed by atoms with Crippen LogP contribution >= 0.6 is 0 Å². The van der Waals surface area contributed by atoms with Crippen LogP contribution in [0, 0.1) is 19.8 Å². The third-order valence-corrected chi connectivity index (χ3v) is 4.53. The van der Waals surface area contributed by atoms with Gasteiger partial charge in [-0.05, 0) is 45.2 Å². The van der Waals surface area contributed by atoms with Crippen LogP contribution < -0.4 is 15.5 Å². The second-order valence-electron chi connectivity index (χ2n) is 6.79. The summed E-state index contributed by atoms with van der Waals surface area (Å²) in [4.78, 5) is 37.0. The van der Waals surface area contributed by atoms with Crippen molar-refractivity contribution < 1.29 is 24.0 Å². The van der Waals surface area contributed by atoms with Crippen LogP contribution in [0.5, 0.6) is 0 Å². The van der Waals surface area contributed by atoms with E-state index >= 15 is 0 Å². The topological polar surface area (TPSA) is 88.9 Å². The van der Waals surface area contributed by atoms with Crippen LogP contribution in [0.25, 0.3) is 0 Å². The smallest absolute Gasteiger partial charge is 0.326 e. The lowest BCUT2D eigenvalue weighted by Crippen LogP contribution is -3.14. The highest BCUT2D eigenvalue weighted by Gasteiger charge is 2.31. The maximum Gasteiger partial charge on any atom is 0.326 e. The highest BCUT2D eigenvalue weighted by molar-refractivity contribution is 6.01. The molecule has 0 radical (unpaired) electrons. The molecule has 0 spiro atoms. The van der Waals surface area contributed by atoms with E-state index in [-0.39, 0.29) is 24.3 Å². The first-order valence-electron chi connectivity index (χ1n) is 9.07. The average molecular weight is 362 g/mol. The van der Waals surface area contributed by atoms with Crippen molar-refractivity contribution in [2.75, 3.05) is 31.6 Å². The zero-order chi connectivity index (χ0) is 19.1. The zero-order valence-electron chi connectivity index (χ0n) is 15.7. The number of piperidine rings is 1. The zero-order valence-corrected chi connectivity index (χ0v) is 15.7. The maximum atomic E-state index is 12.1. The van der Waals surface area contributed by atoms with Crippen LogP contribution in [0.3, 0.4) is 0 Å². The number of rotatable bonds is 5. The van der Waals surface area contributed by atoms with Gasteiger partial charge in [-0.3, -0.25) is 14.9 Å². The molecule has 0 aliphatic carbocycles. The molecule has 3 N–H and O–H groups in total. The first kappa shape index (κ1) is 19.9. The molecule has 7 nitrogen and oxygen atoms in total. The third kappa shape index (κ3) is 5.84. The largest absolute Gasteiger partial charge is 0.466 e. The molecule has 1 aromatic carbocycles. The average Bonchev–Trinajstić information content (AvgIpc) is 2.57. The summed E-state index contributed by atoms with van der Waals surface area (Å²) < 4.78 is 5.07. The molecule has 2 rings (SSSR count). The molecule has 1 heterocycles. The van der Waals surface area contributed by atoms with Crippen molar-refractivity contribution in [1.82, 2.24) is 5.32 Å². The lowest BCUT2D eigenvalue weighted by Gasteiger charge is -2.28. The Balaban J connectivity index is 1.82. The Kier molecular flexibility index (Phi) is 7.15. The number of hydrogen-bond acceptors (Lipinski definition) is 4. The van der Waals surface area contributed by atoms with E-state index in [0.29, 0.717) is 18.8 Å². The Bertz CT molecular complexity index is 675. The molecule has 26 heavy (non-hydrogen) atoms. The van der Waals surface area contributed by atoms with Crippen molar-refractivity contribution >= 4 is 23.6 Å². The number of likely N-dealkylation sites (tertiary alicyclic amines) is 1. The van der Waals surface area contributed by atoms with E-state index < -0.39 is 6.03 Å². The standard InChI is InChI=1S/C19H27N3O4/c1-4-26-18(24)15-6-5-9-22(11-15)12-17(23)21-19(25)20-16-8-7-13(2)10-14(16)3/h7-8,10,15H,4-6,9,11-12H2,1-3H3,(H2,20,21,23,25)/p+1/t15-/m1/s1. The highest BCUT2D eigenvalue weighted by atomic mass is 16.5. The molecule has 0 bridgehead atoms. The highest BCUT2D eigenvalue weighted by Crippen LogP contribution is 2.15. The van der Waals surface area contributed by atoms with Crippen LogP contribution in [-0.2, 0) is 14.3 Å². The van der Waals surface area contributed by atoms with Gasteiger partial charge in [-0.2, -0.15) is 0 Å². The molecule has 0 saturated carbocycles. The van der Waals surface area contributed by atoms with Crippen molar-refractivity contribution in [3.63, 3.8) is 0 Å². The van der Waals surface area contributed by atoms with E-state index in [1.807, 2.05) is 32.0 Å². The fourth-order valence-corrected chi connectivity index (χ4v) is 3.28. The van der Waals surface area contributed by atoms with Gasteiger partial charge in [-0.15, -0.1) is 0 Å². The number of amides is 3. The Hall–Kier alpha value is -2.41. The molecule has 1 saturated heterocycles. The quantitative estimate of drug-likeness (QED) is 0.677. The van der Waals surface area contributed by atoms with Gasteiger partial charge in [0.2, 0.25) is 0 Å². The van der Waals surface area contributed by atoms with Gasteiger partial charge in [0.1, 0.15) is 5.92 Å². The normalized spacial score (nSPS) is 19.5. The van der Waals surface area contributed by atoms with E-state index in [2.05, 4.69) is 10.6 Å². The van der Waals surface area contributed by atoms with Crippen molar-refractivity contribution in [2.45, 2.75) is 33.6 Å². The molecule has 1 aliphatic rings. The van der Waals surface area contributed by atoms with Gasteiger partial charge in [-0.25, -0.2) is 4.79 Å². The molecule has 1 aliphatic heterocycles. The summed E-state index contributed by atoms with van der Waals surface area (Å²) in [5.74, 6) is -0.722. The number of nitrogens with one attached hydrogen (secondary N) is 3. The molecule has 3 amide bonds. The number of ether oxygens (including phenoxy) is 1. The van der Waals surface area contributed by atoms with E-state index in [4.69, 9.17) is 4.74 Å². The van der Waals surface area contributed by atoms with Gasteiger partial charge in [-0.1, -0.05) is 17.7 Å². The first-order valence-corrected chi connectivity index (χ1v) is 9.07. The predicted octanol–water partition coefficient (Wildman–Crippen LogP) is 0.810. The Morgan fingerprint density at radius 3 is 2.73 bits per heavy atom. The number of aryl methyl sites for hydroxylation is 2. The minimum atomic E-state index is -0.541. The second-order valence-corrected chi connectivity index (χ2v) is 6.79. The number of hydrogen-bond donors (Lipinski definition) is 3. The number of carbonyl (C=O) groups excluding carboxylic acids is 3. The Morgan fingerprint density at radius 1 is 1.27 bits per heavy atom. The van der Waals surface area contributed by atoms with E-state index in [1.54, 1.807) is 6.92 Å². The van der Waals surface area contributed by atoms with Crippen LogP contribution in [-0.4, -0.2) is 44.1 Å². The summed E-state index contributed by atoms with van der Waals surface area (Å²) in [7, 11) is 0. The van der Waals surface area contributed by atoms with Gasteiger partial charge in [0, 0.05) is 5.69 Å². The second kappa shape index (κ2) is 9.33. The fourth-order valence-electron chi connectivity index (χ4n) is 3.28. The number of benzene rings is 1. The maximum absolute atomic E-state index is 12.1. The van der Waals surface area contributed by atoms with Gasteiger partial charge >= 0.3 is 12.0 Å². The van der Waals surface area contributed by atoms with Crippen molar-refractivity contribution in [2.24, 2.45) is 5.92 Å². The lowest BCUT2D eigenvalue weighted by atomic mass is 9.98. The van der Waals surface area contributed by atoms with Crippen LogP contribution in [0.1, 0.15) is 30.9 Å². The molecule has 2 atom stereocenters. The van der Waals surface area contributed by atoms with E-state index in [0.717, 1.165) is 35.4 Å². The number of quaternary nitrogens is 1. The number of anilines is 1. The molecule has 0 aromatic heterocycles. The van der Waals surface area contributed by atoms with Crippen molar-refractivity contribution in [1.29, 1.82) is 0 Å². The summed E-state index contributed by atoms with van der Waals surface area (Å²) in [5, 5.41) is 5.06. The lowest BCUT2D eigenvalue weighted by molar-refractivity contribution is -0.899. The van der Waals surface area contributed by atoms with Crippen molar-refractivity contribution in [3.8, 4) is 0 Å². The van der Waals surface area contributed by atoms with Crippen LogP contribution in [0.15, 0.2) is 18.2 Å². The SMILES string of the molecule is CCOC(=O)[C@@H]1CCC[NH+](CC(=O)NC(=O)Nc2ccc(C)cc2C)C1. The summed E-state index contributed by atoms with van der Waals surface area (Å²) in [6, 6.07) is 5.14. The van der Waals surface area contributed by atoms with Crippen LogP contribution in [0.2, 0.25) is 0 Å². The molecular weight excluding hydrogens is 334 g/mol. The molecule has 7 heteroatoms. The molecular formula is C19H28N3O4+. The van der Waals surface area contributed by atoms with Gasteiger partial charge in [0.25, 0.3) is 5.91 Å². The fraction of sp³-hybridized carbons (Fsp3) is 0.526. The molecule has 1 unspecified atom stereocenters. The van der Waals surface area contributed by atoms with Gasteiger partial charge in [0.15, 0.2) is 6.54 Å². The monoisotopic (exact) mass is 362 g/mol. The minimum Gasteiger partial charge on any atom is -0.466 e. The summed E-state index contributed by atoms with van der Waals surface area (Å²) in [6.45, 7) is 7.56. The third-order valence-electron chi connectivity index (χ3n) is 4.53. The number of carbonyl (C=O) groups is 3. The predicted molar refractivity (Wildman–Crippen MR) is 98.0 cm³/mol. The molecule has 1 aromatic rings. The number of urea groups is 1.